The van der Waals surface area contributed by atoms with Gasteiger partial charge in [0.2, 0.25) is 5.91 Å². The standard InChI is InChI=1S/C42H85NO5S/c1-3-5-7-9-11-13-15-17-19-21-23-25-27-29-31-33-35-37-41(44)40(39-49(46,47)48)43-42(45)38-36-34-32-30-28-26-24-22-20-18-16-14-12-10-8-6-4-2/h40-41,44H,3-39H2,1-2H3,(H,43,45)(H,46,47,48). The van der Waals surface area contributed by atoms with E-state index in [2.05, 4.69) is 19.2 Å². The van der Waals surface area contributed by atoms with Gasteiger partial charge in [-0.15, -0.1) is 0 Å². The van der Waals surface area contributed by atoms with E-state index in [1.165, 1.54) is 180 Å². The molecule has 0 saturated carbocycles. The molecule has 0 bridgehead atoms. The van der Waals surface area contributed by atoms with Crippen LogP contribution >= 0.6 is 0 Å². The Balaban J connectivity index is 3.79. The fraction of sp³-hybridized carbons (Fsp3) is 0.976. The molecule has 0 spiro atoms. The molecule has 0 saturated heterocycles. The largest absolute Gasteiger partial charge is 0.391 e. The highest BCUT2D eigenvalue weighted by Gasteiger charge is 2.26. The van der Waals surface area contributed by atoms with Crippen molar-refractivity contribution in [3.63, 3.8) is 0 Å². The van der Waals surface area contributed by atoms with E-state index in [9.17, 15) is 22.9 Å². The summed E-state index contributed by atoms with van der Waals surface area (Å²) in [6, 6.07) is -0.964. The normalized spacial score (nSPS) is 13.1. The summed E-state index contributed by atoms with van der Waals surface area (Å²) in [5.74, 6) is -0.881. The van der Waals surface area contributed by atoms with Crippen molar-refractivity contribution in [3.05, 3.63) is 0 Å². The van der Waals surface area contributed by atoms with E-state index >= 15 is 0 Å². The SMILES string of the molecule is CCCCCCCCCCCCCCCCCCCC(=O)NC(CS(=O)(=O)O)C(O)CCCCCCCCCCCCCCCCCCC. The summed E-state index contributed by atoms with van der Waals surface area (Å²) < 4.78 is 32.6. The van der Waals surface area contributed by atoms with Crippen molar-refractivity contribution in [2.75, 3.05) is 5.75 Å². The number of aliphatic hydroxyl groups excluding tert-OH is 1. The van der Waals surface area contributed by atoms with Gasteiger partial charge >= 0.3 is 0 Å². The molecular weight excluding hydrogens is 631 g/mol. The number of rotatable bonds is 40. The maximum atomic E-state index is 12.5. The second-order valence-corrected chi connectivity index (χ2v) is 16.8. The molecule has 49 heavy (non-hydrogen) atoms. The zero-order valence-electron chi connectivity index (χ0n) is 32.8. The molecule has 0 radical (unpaired) electrons. The zero-order chi connectivity index (χ0) is 36.1. The summed E-state index contributed by atoms with van der Waals surface area (Å²) in [7, 11) is -4.30. The molecule has 0 rings (SSSR count). The van der Waals surface area contributed by atoms with Crippen LogP contribution in [-0.4, -0.2) is 41.9 Å². The lowest BCUT2D eigenvalue weighted by atomic mass is 10.0. The zero-order valence-corrected chi connectivity index (χ0v) is 33.7. The van der Waals surface area contributed by atoms with E-state index in [0.29, 0.717) is 12.8 Å². The Morgan fingerprint density at radius 3 is 1.02 bits per heavy atom. The van der Waals surface area contributed by atoms with Crippen molar-refractivity contribution in [2.45, 2.75) is 257 Å². The van der Waals surface area contributed by atoms with Gasteiger partial charge in [0.25, 0.3) is 10.1 Å². The van der Waals surface area contributed by atoms with Crippen molar-refractivity contribution in [2.24, 2.45) is 0 Å². The van der Waals surface area contributed by atoms with E-state index in [4.69, 9.17) is 0 Å². The molecule has 7 heteroatoms. The maximum Gasteiger partial charge on any atom is 0.266 e. The van der Waals surface area contributed by atoms with Crippen LogP contribution in [0, 0.1) is 0 Å². The summed E-state index contributed by atoms with van der Waals surface area (Å²) in [5.41, 5.74) is 0. The van der Waals surface area contributed by atoms with Crippen LogP contribution in [0.1, 0.15) is 245 Å². The molecule has 1 amide bonds. The molecule has 0 aliphatic heterocycles. The van der Waals surface area contributed by atoms with Gasteiger partial charge in [-0.25, -0.2) is 0 Å². The fourth-order valence-electron chi connectivity index (χ4n) is 7.04. The number of carbonyl (C=O) groups excluding carboxylic acids is 1. The van der Waals surface area contributed by atoms with Crippen LogP contribution in [0.15, 0.2) is 0 Å². The lowest BCUT2D eigenvalue weighted by Crippen LogP contribution is -2.47. The summed E-state index contributed by atoms with van der Waals surface area (Å²) in [6.07, 6.45) is 43.4. The van der Waals surface area contributed by atoms with Gasteiger partial charge in [-0.2, -0.15) is 8.42 Å². The Hall–Kier alpha value is -0.660. The van der Waals surface area contributed by atoms with E-state index < -0.39 is 28.0 Å². The van der Waals surface area contributed by atoms with Crippen LogP contribution in [-0.2, 0) is 14.9 Å². The monoisotopic (exact) mass is 716 g/mol. The van der Waals surface area contributed by atoms with Crippen molar-refractivity contribution in [3.8, 4) is 0 Å². The molecule has 3 N–H and O–H groups in total. The molecule has 2 atom stereocenters. The van der Waals surface area contributed by atoms with Crippen molar-refractivity contribution >= 4 is 16.0 Å². The molecular formula is C42H85NO5S. The third-order valence-electron chi connectivity index (χ3n) is 10.3. The van der Waals surface area contributed by atoms with Gasteiger partial charge in [0, 0.05) is 6.42 Å². The lowest BCUT2D eigenvalue weighted by molar-refractivity contribution is -0.122. The fourth-order valence-corrected chi connectivity index (χ4v) is 7.80. The molecule has 0 aromatic heterocycles. The first-order chi connectivity index (χ1) is 23.8. The molecule has 0 fully saturated rings. The van der Waals surface area contributed by atoms with Gasteiger partial charge in [-0.3, -0.25) is 9.35 Å². The van der Waals surface area contributed by atoms with E-state index in [0.717, 1.165) is 38.5 Å². The minimum absolute atomic E-state index is 0.240. The Bertz CT molecular complexity index is 790. The summed E-state index contributed by atoms with van der Waals surface area (Å²) in [5, 5.41) is 13.4. The number of amides is 1. The average molecular weight is 716 g/mol. The van der Waals surface area contributed by atoms with Crippen LogP contribution in [0.3, 0.4) is 0 Å². The maximum absolute atomic E-state index is 12.5. The lowest BCUT2D eigenvalue weighted by Gasteiger charge is -2.23. The topological polar surface area (TPSA) is 104 Å². The number of carbonyl (C=O) groups is 1. The Labute approximate surface area is 306 Å². The van der Waals surface area contributed by atoms with Gasteiger partial charge in [-0.05, 0) is 12.8 Å². The van der Waals surface area contributed by atoms with Gasteiger partial charge in [0.1, 0.15) is 0 Å². The highest BCUT2D eigenvalue weighted by atomic mass is 32.2. The molecule has 0 aliphatic carbocycles. The van der Waals surface area contributed by atoms with Crippen LogP contribution < -0.4 is 5.32 Å². The summed E-state index contributed by atoms with van der Waals surface area (Å²) in [4.78, 5) is 12.5. The first-order valence-corrected chi connectivity index (χ1v) is 23.3. The van der Waals surface area contributed by atoms with Gasteiger partial charge in [-0.1, -0.05) is 226 Å². The summed E-state index contributed by atoms with van der Waals surface area (Å²) in [6.45, 7) is 4.54. The van der Waals surface area contributed by atoms with Crippen LogP contribution in [0.25, 0.3) is 0 Å². The van der Waals surface area contributed by atoms with E-state index in [1.807, 2.05) is 0 Å². The second kappa shape index (κ2) is 37.1. The van der Waals surface area contributed by atoms with E-state index in [-0.39, 0.29) is 5.91 Å². The molecule has 2 unspecified atom stereocenters. The predicted octanol–water partition coefficient (Wildman–Crippen LogP) is 12.8. The number of unbranched alkanes of at least 4 members (excludes halogenated alkanes) is 32. The highest BCUT2D eigenvalue weighted by molar-refractivity contribution is 7.85. The quantitative estimate of drug-likeness (QED) is 0.0433. The predicted molar refractivity (Wildman–Crippen MR) is 212 cm³/mol. The number of hydrogen-bond acceptors (Lipinski definition) is 4. The van der Waals surface area contributed by atoms with Crippen LogP contribution in [0.2, 0.25) is 0 Å². The third kappa shape index (κ3) is 38.4. The van der Waals surface area contributed by atoms with Crippen molar-refractivity contribution in [1.82, 2.24) is 5.32 Å². The second-order valence-electron chi connectivity index (χ2n) is 15.3. The first-order valence-electron chi connectivity index (χ1n) is 21.7. The molecule has 0 aromatic rings. The molecule has 6 nitrogen and oxygen atoms in total. The minimum atomic E-state index is -4.30. The highest BCUT2D eigenvalue weighted by Crippen LogP contribution is 2.17. The Morgan fingerprint density at radius 2 is 0.735 bits per heavy atom. The third-order valence-corrected chi connectivity index (χ3v) is 11.1. The molecule has 0 heterocycles. The molecule has 0 aromatic carbocycles. The number of aliphatic hydroxyl groups is 1. The van der Waals surface area contributed by atoms with Gasteiger partial charge in [0.15, 0.2) is 0 Å². The van der Waals surface area contributed by atoms with Crippen LogP contribution in [0.5, 0.6) is 0 Å². The van der Waals surface area contributed by atoms with Gasteiger partial charge in [0.05, 0.1) is 17.9 Å². The Kier molecular flexibility index (Phi) is 36.6. The molecule has 0 aliphatic rings. The smallest absolute Gasteiger partial charge is 0.266 e. The average Bonchev–Trinajstić information content (AvgIpc) is 3.06. The number of hydrogen-bond donors (Lipinski definition) is 3. The summed E-state index contributed by atoms with van der Waals surface area (Å²) >= 11 is 0. The molecule has 294 valence electrons. The minimum Gasteiger partial charge on any atom is -0.391 e. The first kappa shape index (κ1) is 48.3. The Morgan fingerprint density at radius 1 is 0.469 bits per heavy atom. The van der Waals surface area contributed by atoms with E-state index in [1.54, 1.807) is 0 Å². The van der Waals surface area contributed by atoms with Gasteiger partial charge < -0.3 is 10.4 Å². The van der Waals surface area contributed by atoms with Crippen LogP contribution in [0.4, 0.5) is 0 Å². The number of nitrogens with one attached hydrogen (secondary N) is 1. The van der Waals surface area contributed by atoms with Crippen molar-refractivity contribution in [1.29, 1.82) is 0 Å². The van der Waals surface area contributed by atoms with Crippen molar-refractivity contribution < 1.29 is 22.9 Å².